The van der Waals surface area contributed by atoms with E-state index in [0.29, 0.717) is 35.9 Å². The van der Waals surface area contributed by atoms with Gasteiger partial charge in [0.1, 0.15) is 5.54 Å². The fourth-order valence-electron chi connectivity index (χ4n) is 2.52. The molecule has 0 spiro atoms. The van der Waals surface area contributed by atoms with Gasteiger partial charge in [0.2, 0.25) is 12.7 Å². The zero-order chi connectivity index (χ0) is 19.4. The van der Waals surface area contributed by atoms with Gasteiger partial charge in [0.15, 0.2) is 11.5 Å². The molecule has 2 heterocycles. The SMILES string of the molecule is COCCNC(=O)C(C)(C)n1cc(NC(=O)c2ccc3c(c2)OCO3)cn1. The van der Waals surface area contributed by atoms with E-state index >= 15 is 0 Å². The Bertz CT molecular complexity index is 846. The number of nitrogens with one attached hydrogen (secondary N) is 2. The lowest BCUT2D eigenvalue weighted by Crippen LogP contribution is -2.45. The van der Waals surface area contributed by atoms with Crippen LogP contribution >= 0.6 is 0 Å². The first-order chi connectivity index (χ1) is 12.9. The zero-order valence-corrected chi connectivity index (χ0v) is 15.4. The standard InChI is InChI=1S/C18H22N4O5/c1-18(2,17(24)19-6-7-25-3)22-10-13(9-20-22)21-16(23)12-4-5-14-15(8-12)27-11-26-14/h4-5,8-10H,6-7,11H2,1-3H3,(H,19,24)(H,21,23). The van der Waals surface area contributed by atoms with E-state index in [1.165, 1.54) is 10.9 Å². The maximum Gasteiger partial charge on any atom is 0.255 e. The molecular formula is C18H22N4O5. The lowest BCUT2D eigenvalue weighted by molar-refractivity contribution is -0.129. The third kappa shape index (κ3) is 4.03. The maximum atomic E-state index is 12.4. The molecule has 2 amide bonds. The number of ether oxygens (including phenoxy) is 3. The molecule has 0 atom stereocenters. The second-order valence-corrected chi connectivity index (χ2v) is 6.50. The molecule has 1 aliphatic rings. The molecule has 27 heavy (non-hydrogen) atoms. The largest absolute Gasteiger partial charge is 0.454 e. The molecule has 2 N–H and O–H groups in total. The number of benzene rings is 1. The first kappa shape index (κ1) is 18.7. The predicted molar refractivity (Wildman–Crippen MR) is 97.0 cm³/mol. The van der Waals surface area contributed by atoms with Crippen molar-refractivity contribution >= 4 is 17.5 Å². The third-order valence-electron chi connectivity index (χ3n) is 4.20. The molecule has 3 rings (SSSR count). The minimum atomic E-state index is -0.921. The Kier molecular flexibility index (Phi) is 5.31. The van der Waals surface area contributed by atoms with Crippen molar-refractivity contribution in [2.45, 2.75) is 19.4 Å². The first-order valence-corrected chi connectivity index (χ1v) is 8.45. The van der Waals surface area contributed by atoms with Crippen molar-refractivity contribution in [2.75, 3.05) is 32.4 Å². The van der Waals surface area contributed by atoms with Crippen molar-refractivity contribution in [3.63, 3.8) is 0 Å². The molecule has 0 fully saturated rings. The average molecular weight is 374 g/mol. The highest BCUT2D eigenvalue weighted by Gasteiger charge is 2.30. The van der Waals surface area contributed by atoms with Crippen LogP contribution in [-0.2, 0) is 15.1 Å². The molecule has 2 aromatic rings. The number of methoxy groups -OCH3 is 1. The molecular weight excluding hydrogens is 352 g/mol. The number of amides is 2. The van der Waals surface area contributed by atoms with Crippen LogP contribution in [0.2, 0.25) is 0 Å². The molecule has 9 nitrogen and oxygen atoms in total. The molecule has 1 aliphatic heterocycles. The highest BCUT2D eigenvalue weighted by molar-refractivity contribution is 6.04. The number of anilines is 1. The summed E-state index contributed by atoms with van der Waals surface area (Å²) in [6.07, 6.45) is 3.11. The number of aromatic nitrogens is 2. The maximum absolute atomic E-state index is 12.4. The number of hydrogen-bond acceptors (Lipinski definition) is 6. The van der Waals surface area contributed by atoms with Crippen LogP contribution in [0.4, 0.5) is 5.69 Å². The van der Waals surface area contributed by atoms with Gasteiger partial charge >= 0.3 is 0 Å². The van der Waals surface area contributed by atoms with Crippen molar-refractivity contribution in [3.8, 4) is 11.5 Å². The van der Waals surface area contributed by atoms with Gasteiger partial charge in [0.05, 0.1) is 18.5 Å². The van der Waals surface area contributed by atoms with Crippen molar-refractivity contribution in [3.05, 3.63) is 36.2 Å². The first-order valence-electron chi connectivity index (χ1n) is 8.45. The fourth-order valence-corrected chi connectivity index (χ4v) is 2.52. The Morgan fingerprint density at radius 1 is 1.30 bits per heavy atom. The Morgan fingerprint density at radius 3 is 2.85 bits per heavy atom. The molecule has 0 radical (unpaired) electrons. The molecule has 0 saturated carbocycles. The Morgan fingerprint density at radius 2 is 2.07 bits per heavy atom. The topological polar surface area (TPSA) is 104 Å². The monoisotopic (exact) mass is 374 g/mol. The molecule has 9 heteroatoms. The summed E-state index contributed by atoms with van der Waals surface area (Å²) in [5.41, 5.74) is -0.00542. The second-order valence-electron chi connectivity index (χ2n) is 6.50. The minimum absolute atomic E-state index is 0.148. The number of nitrogens with zero attached hydrogens (tertiary/aromatic N) is 2. The van der Waals surface area contributed by atoms with Gasteiger partial charge < -0.3 is 24.8 Å². The number of carbonyl (C=O) groups is 2. The van der Waals surface area contributed by atoms with E-state index in [0.717, 1.165) is 0 Å². The summed E-state index contributed by atoms with van der Waals surface area (Å²) >= 11 is 0. The van der Waals surface area contributed by atoms with E-state index in [4.69, 9.17) is 14.2 Å². The molecule has 0 saturated heterocycles. The van der Waals surface area contributed by atoms with Crippen LogP contribution in [0.15, 0.2) is 30.6 Å². The van der Waals surface area contributed by atoms with Gasteiger partial charge in [-0.05, 0) is 32.0 Å². The highest BCUT2D eigenvalue weighted by Crippen LogP contribution is 2.32. The average Bonchev–Trinajstić information content (AvgIpc) is 3.30. The van der Waals surface area contributed by atoms with Crippen molar-refractivity contribution in [1.82, 2.24) is 15.1 Å². The van der Waals surface area contributed by atoms with Crippen molar-refractivity contribution in [2.24, 2.45) is 0 Å². The summed E-state index contributed by atoms with van der Waals surface area (Å²) < 4.78 is 17.0. The number of rotatable bonds is 7. The second kappa shape index (κ2) is 7.67. The van der Waals surface area contributed by atoms with Crippen molar-refractivity contribution in [1.29, 1.82) is 0 Å². The summed E-state index contributed by atoms with van der Waals surface area (Å²) in [6.45, 7) is 4.47. The van der Waals surface area contributed by atoms with Crippen LogP contribution in [0.3, 0.4) is 0 Å². The summed E-state index contributed by atoms with van der Waals surface area (Å²) in [7, 11) is 1.57. The van der Waals surface area contributed by atoms with E-state index in [1.807, 2.05) is 0 Å². The van der Waals surface area contributed by atoms with Crippen LogP contribution in [-0.4, -0.2) is 48.6 Å². The van der Waals surface area contributed by atoms with Crippen molar-refractivity contribution < 1.29 is 23.8 Å². The van der Waals surface area contributed by atoms with Crippen LogP contribution in [0.1, 0.15) is 24.2 Å². The highest BCUT2D eigenvalue weighted by atomic mass is 16.7. The minimum Gasteiger partial charge on any atom is -0.454 e. The predicted octanol–water partition coefficient (Wildman–Crippen LogP) is 1.36. The van der Waals surface area contributed by atoms with Gasteiger partial charge in [-0.15, -0.1) is 0 Å². The molecule has 144 valence electrons. The van der Waals surface area contributed by atoms with Gasteiger partial charge in [0, 0.05) is 25.4 Å². The summed E-state index contributed by atoms with van der Waals surface area (Å²) in [5, 5.41) is 9.75. The third-order valence-corrected chi connectivity index (χ3v) is 4.20. The van der Waals surface area contributed by atoms with Crippen LogP contribution in [0.5, 0.6) is 11.5 Å². The Labute approximate surface area is 156 Å². The molecule has 0 unspecified atom stereocenters. The van der Waals surface area contributed by atoms with Crippen LogP contribution in [0.25, 0.3) is 0 Å². The van der Waals surface area contributed by atoms with E-state index in [2.05, 4.69) is 15.7 Å². The van der Waals surface area contributed by atoms with E-state index in [1.54, 1.807) is 45.4 Å². The molecule has 1 aromatic heterocycles. The normalized spacial score (nSPS) is 12.7. The van der Waals surface area contributed by atoms with Gasteiger partial charge in [0.25, 0.3) is 5.91 Å². The Hall–Kier alpha value is -3.07. The summed E-state index contributed by atoms with van der Waals surface area (Å²) in [6, 6.07) is 4.96. The molecule has 1 aromatic carbocycles. The summed E-state index contributed by atoms with van der Waals surface area (Å²) in [5.74, 6) is 0.638. The van der Waals surface area contributed by atoms with E-state index in [-0.39, 0.29) is 18.6 Å². The molecule has 0 bridgehead atoms. The van der Waals surface area contributed by atoms with E-state index < -0.39 is 5.54 Å². The quantitative estimate of drug-likeness (QED) is 0.710. The zero-order valence-electron chi connectivity index (χ0n) is 15.4. The van der Waals surface area contributed by atoms with Gasteiger partial charge in [-0.1, -0.05) is 0 Å². The lowest BCUT2D eigenvalue weighted by Gasteiger charge is -2.24. The van der Waals surface area contributed by atoms with E-state index in [9.17, 15) is 9.59 Å². The lowest BCUT2D eigenvalue weighted by atomic mass is 10.1. The van der Waals surface area contributed by atoms with Gasteiger partial charge in [-0.2, -0.15) is 5.10 Å². The molecule has 0 aliphatic carbocycles. The number of carbonyl (C=O) groups excluding carboxylic acids is 2. The fraction of sp³-hybridized carbons (Fsp3) is 0.389. The van der Waals surface area contributed by atoms with Crippen LogP contribution < -0.4 is 20.1 Å². The smallest absolute Gasteiger partial charge is 0.255 e. The number of fused-ring (bicyclic) bond motifs is 1. The summed E-state index contributed by atoms with van der Waals surface area (Å²) in [4.78, 5) is 24.8. The van der Waals surface area contributed by atoms with Crippen LogP contribution in [0, 0.1) is 0 Å². The van der Waals surface area contributed by atoms with Gasteiger partial charge in [-0.3, -0.25) is 14.3 Å². The Balaban J connectivity index is 1.66. The van der Waals surface area contributed by atoms with Gasteiger partial charge in [-0.25, -0.2) is 0 Å². The number of hydrogen-bond donors (Lipinski definition) is 2.